The zero-order valence-corrected chi connectivity index (χ0v) is 34.8. The summed E-state index contributed by atoms with van der Waals surface area (Å²) in [5.74, 6) is 0.00659. The van der Waals surface area contributed by atoms with E-state index in [2.05, 4.69) is 134 Å². The number of rotatable bonds is 16. The number of esters is 1. The highest BCUT2D eigenvalue weighted by molar-refractivity contribution is 14.1. The summed E-state index contributed by atoms with van der Waals surface area (Å²) in [6.45, 7) is 25.4. The minimum atomic E-state index is -2.06. The summed E-state index contributed by atoms with van der Waals surface area (Å²) < 4.78 is 18.7. The largest absolute Gasteiger partial charge is 0.469 e. The van der Waals surface area contributed by atoms with Crippen molar-refractivity contribution in [2.45, 2.75) is 164 Å². The van der Waals surface area contributed by atoms with Crippen LogP contribution in [0.1, 0.15) is 123 Å². The Hall–Kier alpha value is -0.526. The van der Waals surface area contributed by atoms with Gasteiger partial charge in [-0.15, -0.1) is 0 Å². The molecule has 5 atom stereocenters. The number of unbranched alkanes of at least 4 members (excludes halogenated alkanes) is 3. The van der Waals surface area contributed by atoms with Crippen molar-refractivity contribution in [3.05, 3.63) is 47.5 Å². The van der Waals surface area contributed by atoms with E-state index >= 15 is 0 Å². The van der Waals surface area contributed by atoms with E-state index < -0.39 is 22.7 Å². The predicted molar refractivity (Wildman–Crippen MR) is 203 cm³/mol. The van der Waals surface area contributed by atoms with Crippen LogP contribution in [0.2, 0.25) is 36.3 Å². The molecule has 0 radical (unpaired) electrons. The number of alkyl halides is 1. The Balaban J connectivity index is 2.43. The van der Waals surface area contributed by atoms with Crippen molar-refractivity contribution in [2.24, 2.45) is 5.92 Å². The third-order valence-electron chi connectivity index (χ3n) is 10.7. The first-order chi connectivity index (χ1) is 20.7. The Kier molecular flexibility index (Phi) is 15.1. The molecule has 1 aliphatic carbocycles. The van der Waals surface area contributed by atoms with Gasteiger partial charge in [0.15, 0.2) is 16.6 Å². The second kappa shape index (κ2) is 16.7. The van der Waals surface area contributed by atoms with Gasteiger partial charge in [-0.1, -0.05) is 97.7 Å². The third-order valence-corrected chi connectivity index (χ3v) is 21.5. The molecule has 0 saturated heterocycles. The van der Waals surface area contributed by atoms with Crippen LogP contribution in [0.3, 0.4) is 0 Å². The number of methoxy groups -OCH3 is 1. The molecule has 1 unspecified atom stereocenters. The van der Waals surface area contributed by atoms with E-state index in [1.807, 2.05) is 0 Å². The highest BCUT2D eigenvalue weighted by atomic mass is 127. The van der Waals surface area contributed by atoms with Crippen molar-refractivity contribution in [1.29, 1.82) is 0 Å². The van der Waals surface area contributed by atoms with E-state index in [-0.39, 0.29) is 37.6 Å². The number of hydrogen-bond donors (Lipinski definition) is 1. The van der Waals surface area contributed by atoms with Gasteiger partial charge in [-0.3, -0.25) is 4.79 Å². The van der Waals surface area contributed by atoms with Crippen LogP contribution in [0.4, 0.5) is 0 Å². The Bertz CT molecular complexity index is 1090. The van der Waals surface area contributed by atoms with Gasteiger partial charge in [-0.2, -0.15) is 0 Å². The number of carbonyl (C=O) groups is 1. The molecular formula is C37H65IO5Si2. The van der Waals surface area contributed by atoms with Crippen molar-refractivity contribution < 1.29 is 23.5 Å². The van der Waals surface area contributed by atoms with Gasteiger partial charge in [0.1, 0.15) is 3.61 Å². The fourth-order valence-corrected chi connectivity index (χ4v) is 10.8. The van der Waals surface area contributed by atoms with Gasteiger partial charge in [0.2, 0.25) is 0 Å². The fourth-order valence-electron chi connectivity index (χ4n) is 5.72. The van der Waals surface area contributed by atoms with Crippen LogP contribution in [0.25, 0.3) is 0 Å². The molecule has 0 bridgehead atoms. The Labute approximate surface area is 292 Å². The molecule has 1 aromatic rings. The zero-order chi connectivity index (χ0) is 34.3. The highest BCUT2D eigenvalue weighted by Gasteiger charge is 2.49. The molecule has 1 aromatic carbocycles. The maximum Gasteiger partial charge on any atom is 0.305 e. The third kappa shape index (κ3) is 11.3. The summed E-state index contributed by atoms with van der Waals surface area (Å²) in [5, 5.41) is 11.6. The van der Waals surface area contributed by atoms with E-state index in [4.69, 9.17) is 13.6 Å². The predicted octanol–water partition coefficient (Wildman–Crippen LogP) is 11.0. The second-order valence-electron chi connectivity index (χ2n) is 16.3. The zero-order valence-electron chi connectivity index (χ0n) is 30.6. The van der Waals surface area contributed by atoms with E-state index in [0.717, 1.165) is 32.1 Å². The highest BCUT2D eigenvalue weighted by Crippen LogP contribution is 2.50. The minimum Gasteiger partial charge on any atom is -0.469 e. The van der Waals surface area contributed by atoms with E-state index in [9.17, 15) is 9.90 Å². The SMILES string of the molecule is CCCCCC(I)(O[Si](C)(C)C(C)(C)C)c1ccc([C@@H]2[C@@H](CC=CCCCC(=O)OC)[C@H](O)C[C@H]2O[Si](C)(C)C(C)(C)C)cc1. The number of carbonyl (C=O) groups excluding carboxylic acids is 1. The second-order valence-corrected chi connectivity index (χ2v) is 27.5. The quantitative estimate of drug-likeness (QED) is 0.0453. The summed E-state index contributed by atoms with van der Waals surface area (Å²) >= 11 is 2.59. The first kappa shape index (κ1) is 40.6. The Morgan fingerprint density at radius 2 is 1.56 bits per heavy atom. The molecule has 0 heterocycles. The molecule has 2 rings (SSSR count). The summed E-state index contributed by atoms with van der Waals surface area (Å²) in [6.07, 6.45) is 11.9. The lowest BCUT2D eigenvalue weighted by molar-refractivity contribution is -0.140. The fraction of sp³-hybridized carbons (Fsp3) is 0.757. The molecule has 0 aromatic heterocycles. The molecule has 0 spiro atoms. The lowest BCUT2D eigenvalue weighted by atomic mass is 9.84. The average Bonchev–Trinajstić information content (AvgIpc) is 3.22. The number of benzene rings is 1. The van der Waals surface area contributed by atoms with Gasteiger partial charge in [0.05, 0.1) is 19.3 Å². The van der Waals surface area contributed by atoms with Crippen molar-refractivity contribution in [3.63, 3.8) is 0 Å². The average molecular weight is 773 g/mol. The molecule has 0 aliphatic heterocycles. The molecule has 45 heavy (non-hydrogen) atoms. The number of allylic oxidation sites excluding steroid dienone is 2. The number of ether oxygens (including phenoxy) is 1. The number of halogens is 1. The van der Waals surface area contributed by atoms with Gasteiger partial charge in [-0.05, 0) is 114 Å². The van der Waals surface area contributed by atoms with E-state index in [1.165, 1.54) is 31.1 Å². The smallest absolute Gasteiger partial charge is 0.305 e. The van der Waals surface area contributed by atoms with Crippen LogP contribution in [0.15, 0.2) is 36.4 Å². The molecule has 1 aliphatic rings. The number of aliphatic hydroxyl groups excluding tert-OH is 1. The van der Waals surface area contributed by atoms with Gasteiger partial charge in [0.25, 0.3) is 0 Å². The normalized spacial score (nSPS) is 23.0. The van der Waals surface area contributed by atoms with Crippen LogP contribution in [0.5, 0.6) is 0 Å². The van der Waals surface area contributed by atoms with Gasteiger partial charge >= 0.3 is 5.97 Å². The van der Waals surface area contributed by atoms with Crippen LogP contribution in [-0.4, -0.2) is 47.0 Å². The lowest BCUT2D eigenvalue weighted by Gasteiger charge is -2.43. The standard InChI is InChI=1S/C37H65IO5Si2/c1-13-14-19-26-37(38,43-45(11,12)36(5,6)7)29-24-22-28(23-25-29)34-30(20-17-15-16-18-21-33(40)41-8)31(39)27-32(34)42-44(9,10)35(2,3)4/h15,17,22-25,30-32,34,39H,13-14,16,18-21,26-27H2,1-12H3/t30-,31+,32+,34+,37?/m0/s1. The molecule has 258 valence electrons. The van der Waals surface area contributed by atoms with E-state index in [0.29, 0.717) is 12.8 Å². The van der Waals surface area contributed by atoms with E-state index in [1.54, 1.807) is 0 Å². The molecular weight excluding hydrogens is 707 g/mol. The summed E-state index contributed by atoms with van der Waals surface area (Å²) in [4.78, 5) is 11.5. The van der Waals surface area contributed by atoms with Crippen LogP contribution >= 0.6 is 22.6 Å². The molecule has 1 N–H and O–H groups in total. The molecule has 1 saturated carbocycles. The Morgan fingerprint density at radius 1 is 0.956 bits per heavy atom. The van der Waals surface area contributed by atoms with Crippen molar-refractivity contribution in [2.75, 3.05) is 7.11 Å². The van der Waals surface area contributed by atoms with Crippen LogP contribution < -0.4 is 0 Å². The maximum absolute atomic E-state index is 11.5. The van der Waals surface area contributed by atoms with Crippen molar-refractivity contribution >= 4 is 45.2 Å². The van der Waals surface area contributed by atoms with Crippen molar-refractivity contribution in [3.8, 4) is 0 Å². The van der Waals surface area contributed by atoms with Crippen LogP contribution in [-0.2, 0) is 22.0 Å². The Morgan fingerprint density at radius 3 is 2.09 bits per heavy atom. The molecule has 1 fully saturated rings. The summed E-state index contributed by atoms with van der Waals surface area (Å²) in [6, 6.07) is 9.15. The van der Waals surface area contributed by atoms with Crippen LogP contribution in [0, 0.1) is 5.92 Å². The molecule has 8 heteroatoms. The van der Waals surface area contributed by atoms with Crippen molar-refractivity contribution in [1.82, 2.24) is 0 Å². The maximum atomic E-state index is 11.5. The number of hydrogen-bond acceptors (Lipinski definition) is 5. The molecule has 0 amide bonds. The topological polar surface area (TPSA) is 65.0 Å². The monoisotopic (exact) mass is 772 g/mol. The summed E-state index contributed by atoms with van der Waals surface area (Å²) in [5.41, 5.74) is 2.47. The molecule has 5 nitrogen and oxygen atoms in total. The lowest BCUT2D eigenvalue weighted by Crippen LogP contribution is -2.46. The first-order valence-electron chi connectivity index (χ1n) is 17.3. The minimum absolute atomic E-state index is 0.0261. The van der Waals surface area contributed by atoms with Gasteiger partial charge in [0, 0.05) is 12.3 Å². The summed E-state index contributed by atoms with van der Waals surface area (Å²) in [7, 11) is -2.65. The van der Waals surface area contributed by atoms with Gasteiger partial charge in [-0.25, -0.2) is 0 Å². The number of aliphatic hydroxyl groups is 1. The first-order valence-corrected chi connectivity index (χ1v) is 24.2. The van der Waals surface area contributed by atoms with Gasteiger partial charge < -0.3 is 18.7 Å².